The van der Waals surface area contributed by atoms with Crippen LogP contribution >= 0.6 is 0 Å². The molecular weight excluding hydrogens is 464 g/mol. The molecule has 8 nitrogen and oxygen atoms in total. The van der Waals surface area contributed by atoms with Crippen LogP contribution in [-0.2, 0) is 4.79 Å². The summed E-state index contributed by atoms with van der Waals surface area (Å²) in [6.07, 6.45) is -0.218. The Hall–Kier alpha value is -4.46. The number of benzene rings is 3. The first-order chi connectivity index (χ1) is 17.3. The number of aromatic hydroxyl groups is 2. The van der Waals surface area contributed by atoms with Crippen molar-refractivity contribution in [3.8, 4) is 40.1 Å². The standard InChI is InChI=1S/C28H24O8/c1-14(2)34-21-11-16(9-10-19(21)33-3)17-12-22(30)36-28-23(17)27-24(25(31)26(28)32)18(29)13-20(35-27)15-7-5-4-6-8-15/h4-11,13-14,17,31-32H,12H2,1-3H3/t17-/m1/s1. The topological polar surface area (TPSA) is 115 Å². The number of fused-ring (bicyclic) bond motifs is 3. The Kier molecular flexibility index (Phi) is 5.80. The second-order valence-corrected chi connectivity index (χ2v) is 8.79. The Labute approximate surface area is 206 Å². The maximum atomic E-state index is 13.1. The van der Waals surface area contributed by atoms with E-state index in [-0.39, 0.29) is 40.6 Å². The lowest BCUT2D eigenvalue weighted by molar-refractivity contribution is -0.135. The van der Waals surface area contributed by atoms with Crippen molar-refractivity contribution in [1.29, 1.82) is 0 Å². The van der Waals surface area contributed by atoms with Gasteiger partial charge in [0, 0.05) is 17.5 Å². The average Bonchev–Trinajstić information content (AvgIpc) is 2.86. The van der Waals surface area contributed by atoms with Crippen LogP contribution in [0.25, 0.3) is 22.3 Å². The minimum atomic E-state index is -0.705. The maximum Gasteiger partial charge on any atom is 0.312 e. The molecule has 1 aliphatic heterocycles. The fraction of sp³-hybridized carbons (Fsp3) is 0.214. The van der Waals surface area contributed by atoms with Crippen LogP contribution < -0.4 is 19.6 Å². The van der Waals surface area contributed by atoms with Gasteiger partial charge in [-0.2, -0.15) is 0 Å². The summed E-state index contributed by atoms with van der Waals surface area (Å²) in [6, 6.07) is 15.5. The van der Waals surface area contributed by atoms with E-state index >= 15 is 0 Å². The molecule has 0 radical (unpaired) electrons. The van der Waals surface area contributed by atoms with Gasteiger partial charge in [-0.15, -0.1) is 0 Å². The van der Waals surface area contributed by atoms with Gasteiger partial charge in [-0.05, 0) is 31.5 Å². The van der Waals surface area contributed by atoms with Gasteiger partial charge in [0.15, 0.2) is 28.4 Å². The van der Waals surface area contributed by atoms with E-state index in [1.807, 2.05) is 32.0 Å². The van der Waals surface area contributed by atoms with Gasteiger partial charge in [-0.1, -0.05) is 36.4 Å². The highest BCUT2D eigenvalue weighted by molar-refractivity contribution is 5.96. The number of phenolic OH excluding ortho intramolecular Hbond substituents is 2. The molecule has 184 valence electrons. The summed E-state index contributed by atoms with van der Waals surface area (Å²) in [7, 11) is 1.53. The van der Waals surface area contributed by atoms with Crippen molar-refractivity contribution in [3.63, 3.8) is 0 Å². The van der Waals surface area contributed by atoms with Crippen LogP contribution in [0.1, 0.15) is 37.3 Å². The Balaban J connectivity index is 1.81. The molecule has 2 heterocycles. The first-order valence-corrected chi connectivity index (χ1v) is 11.4. The summed E-state index contributed by atoms with van der Waals surface area (Å²) in [4.78, 5) is 25.7. The number of methoxy groups -OCH3 is 1. The van der Waals surface area contributed by atoms with Crippen molar-refractivity contribution >= 4 is 16.9 Å². The first-order valence-electron chi connectivity index (χ1n) is 11.4. The van der Waals surface area contributed by atoms with Crippen LogP contribution in [0.4, 0.5) is 0 Å². The second-order valence-electron chi connectivity index (χ2n) is 8.79. The molecule has 0 unspecified atom stereocenters. The zero-order valence-electron chi connectivity index (χ0n) is 19.9. The van der Waals surface area contributed by atoms with E-state index in [1.165, 1.54) is 13.2 Å². The Morgan fingerprint density at radius 2 is 1.72 bits per heavy atom. The molecule has 4 aromatic rings. The van der Waals surface area contributed by atoms with Crippen molar-refractivity contribution < 1.29 is 33.6 Å². The molecule has 0 saturated carbocycles. The number of phenols is 2. The van der Waals surface area contributed by atoms with Gasteiger partial charge < -0.3 is 28.8 Å². The van der Waals surface area contributed by atoms with Gasteiger partial charge in [-0.3, -0.25) is 9.59 Å². The minimum absolute atomic E-state index is 0.0336. The molecule has 0 fully saturated rings. The largest absolute Gasteiger partial charge is 0.504 e. The molecule has 1 atom stereocenters. The van der Waals surface area contributed by atoms with Crippen LogP contribution in [0.15, 0.2) is 63.8 Å². The normalized spacial score (nSPS) is 15.0. The minimum Gasteiger partial charge on any atom is -0.504 e. The summed E-state index contributed by atoms with van der Waals surface area (Å²) >= 11 is 0. The highest BCUT2D eigenvalue weighted by atomic mass is 16.5. The third kappa shape index (κ3) is 3.90. The quantitative estimate of drug-likeness (QED) is 0.226. The molecule has 36 heavy (non-hydrogen) atoms. The fourth-order valence-corrected chi connectivity index (χ4v) is 4.49. The van der Waals surface area contributed by atoms with Crippen molar-refractivity contribution in [2.45, 2.75) is 32.3 Å². The van der Waals surface area contributed by atoms with Crippen molar-refractivity contribution in [2.24, 2.45) is 0 Å². The molecule has 1 aromatic heterocycles. The Morgan fingerprint density at radius 1 is 0.972 bits per heavy atom. The molecule has 8 heteroatoms. The molecule has 2 N–H and O–H groups in total. The van der Waals surface area contributed by atoms with E-state index in [4.69, 9.17) is 18.6 Å². The lowest BCUT2D eigenvalue weighted by Gasteiger charge is -2.27. The summed E-state index contributed by atoms with van der Waals surface area (Å²) in [5.41, 5.74) is 1.09. The smallest absolute Gasteiger partial charge is 0.312 e. The van der Waals surface area contributed by atoms with E-state index in [1.54, 1.807) is 30.3 Å². The highest BCUT2D eigenvalue weighted by Gasteiger charge is 2.37. The third-order valence-corrected chi connectivity index (χ3v) is 6.06. The van der Waals surface area contributed by atoms with E-state index in [9.17, 15) is 19.8 Å². The number of hydrogen-bond donors (Lipinski definition) is 2. The molecule has 3 aromatic carbocycles. The second kappa shape index (κ2) is 8.96. The SMILES string of the molecule is COc1ccc([C@H]2CC(=O)Oc3c(O)c(O)c4c(=O)cc(-c5ccccc5)oc4c32)cc1OC(C)C. The van der Waals surface area contributed by atoms with E-state index < -0.39 is 28.8 Å². The van der Waals surface area contributed by atoms with Crippen LogP contribution in [-0.4, -0.2) is 29.4 Å². The van der Waals surface area contributed by atoms with Crippen LogP contribution in [0.2, 0.25) is 0 Å². The zero-order chi connectivity index (χ0) is 25.6. The predicted molar refractivity (Wildman–Crippen MR) is 132 cm³/mol. The summed E-state index contributed by atoms with van der Waals surface area (Å²) in [6.45, 7) is 3.76. The fourth-order valence-electron chi connectivity index (χ4n) is 4.49. The highest BCUT2D eigenvalue weighted by Crippen LogP contribution is 2.52. The molecule has 1 aliphatic rings. The molecule has 5 rings (SSSR count). The van der Waals surface area contributed by atoms with Gasteiger partial charge in [0.25, 0.3) is 0 Å². The van der Waals surface area contributed by atoms with E-state index in [2.05, 4.69) is 0 Å². The Morgan fingerprint density at radius 3 is 2.42 bits per heavy atom. The van der Waals surface area contributed by atoms with Gasteiger partial charge >= 0.3 is 5.97 Å². The van der Waals surface area contributed by atoms with Crippen molar-refractivity contribution in [2.75, 3.05) is 7.11 Å². The Bertz CT molecular complexity index is 1540. The summed E-state index contributed by atoms with van der Waals surface area (Å²) in [5, 5.41) is 21.2. The van der Waals surface area contributed by atoms with Crippen LogP contribution in [0, 0.1) is 0 Å². The maximum absolute atomic E-state index is 13.1. The number of carbonyl (C=O) groups excluding carboxylic acids is 1. The van der Waals surface area contributed by atoms with Gasteiger partial charge in [0.2, 0.25) is 5.75 Å². The summed E-state index contributed by atoms with van der Waals surface area (Å²) in [5.74, 6) is -1.64. The van der Waals surface area contributed by atoms with Crippen LogP contribution in [0.5, 0.6) is 28.7 Å². The molecule has 0 saturated heterocycles. The van der Waals surface area contributed by atoms with Gasteiger partial charge in [0.1, 0.15) is 16.7 Å². The van der Waals surface area contributed by atoms with E-state index in [0.29, 0.717) is 22.6 Å². The third-order valence-electron chi connectivity index (χ3n) is 6.06. The first kappa shape index (κ1) is 23.3. The van der Waals surface area contributed by atoms with Gasteiger partial charge in [0.05, 0.1) is 25.2 Å². The number of rotatable bonds is 5. The lowest BCUT2D eigenvalue weighted by atomic mass is 9.84. The average molecular weight is 488 g/mol. The predicted octanol–water partition coefficient (Wildman–Crippen LogP) is 5.11. The zero-order valence-corrected chi connectivity index (χ0v) is 19.9. The van der Waals surface area contributed by atoms with E-state index in [0.717, 1.165) is 0 Å². The molecule has 0 bridgehead atoms. The number of hydrogen-bond acceptors (Lipinski definition) is 8. The number of esters is 1. The molecule has 0 spiro atoms. The number of ether oxygens (including phenoxy) is 3. The number of carbonyl (C=O) groups is 1. The molecular formula is C28H24O8. The monoisotopic (exact) mass is 488 g/mol. The van der Waals surface area contributed by atoms with Crippen molar-refractivity contribution in [3.05, 3.63) is 75.9 Å². The summed E-state index contributed by atoms with van der Waals surface area (Å²) < 4.78 is 22.9. The molecule has 0 amide bonds. The molecule has 0 aliphatic carbocycles. The van der Waals surface area contributed by atoms with Gasteiger partial charge in [-0.25, -0.2) is 0 Å². The lowest BCUT2D eigenvalue weighted by Crippen LogP contribution is -2.22. The van der Waals surface area contributed by atoms with Crippen LogP contribution in [0.3, 0.4) is 0 Å². The van der Waals surface area contributed by atoms with Crippen molar-refractivity contribution in [1.82, 2.24) is 0 Å².